The van der Waals surface area contributed by atoms with Crippen LogP contribution in [0.25, 0.3) is 0 Å². The van der Waals surface area contributed by atoms with Crippen LogP contribution in [0.5, 0.6) is 0 Å². The van der Waals surface area contributed by atoms with Crippen molar-refractivity contribution in [2.45, 2.75) is 31.8 Å². The van der Waals surface area contributed by atoms with E-state index in [0.29, 0.717) is 6.04 Å². The van der Waals surface area contributed by atoms with Crippen molar-refractivity contribution in [3.05, 3.63) is 51.7 Å². The van der Waals surface area contributed by atoms with E-state index in [1.54, 1.807) is 17.4 Å². The fraction of sp³-hybridized carbons (Fsp3) is 0.357. The number of hydrogen-bond acceptors (Lipinski definition) is 3. The highest BCUT2D eigenvalue weighted by Gasteiger charge is 2.20. The van der Waals surface area contributed by atoms with Gasteiger partial charge in [-0.15, -0.1) is 11.3 Å². The van der Waals surface area contributed by atoms with Gasteiger partial charge in [-0.2, -0.15) is 0 Å². The molecule has 0 radical (unpaired) electrons. The summed E-state index contributed by atoms with van der Waals surface area (Å²) in [7, 11) is 0. The monoisotopic (exact) mass is 262 g/mol. The molecule has 3 rings (SSSR count). The molecule has 1 saturated carbocycles. The third-order valence-corrected chi connectivity index (χ3v) is 3.93. The Kier molecular flexibility index (Phi) is 3.39. The van der Waals surface area contributed by atoms with Crippen LogP contribution >= 0.6 is 11.3 Å². The summed E-state index contributed by atoms with van der Waals surface area (Å²) >= 11 is 1.64. The average molecular weight is 262 g/mol. The minimum absolute atomic E-state index is 0.162. The molecular weight excluding hydrogens is 247 g/mol. The lowest BCUT2D eigenvalue weighted by molar-refractivity contribution is 0.617. The lowest BCUT2D eigenvalue weighted by Gasteiger charge is -2.09. The Morgan fingerprint density at radius 2 is 2.22 bits per heavy atom. The van der Waals surface area contributed by atoms with E-state index >= 15 is 0 Å². The number of benzene rings is 1. The molecule has 4 heteroatoms. The summed E-state index contributed by atoms with van der Waals surface area (Å²) in [5, 5.41) is 6.49. The number of rotatable bonds is 5. The average Bonchev–Trinajstić information content (AvgIpc) is 3.06. The van der Waals surface area contributed by atoms with Gasteiger partial charge in [0, 0.05) is 30.6 Å². The van der Waals surface area contributed by atoms with Crippen LogP contribution < -0.4 is 5.32 Å². The van der Waals surface area contributed by atoms with Gasteiger partial charge in [-0.3, -0.25) is 0 Å². The van der Waals surface area contributed by atoms with Crippen LogP contribution in [0.2, 0.25) is 0 Å². The minimum atomic E-state index is -0.162. The third kappa shape index (κ3) is 2.94. The number of nitrogens with one attached hydrogen (secondary N) is 1. The highest BCUT2D eigenvalue weighted by molar-refractivity contribution is 7.09. The van der Waals surface area contributed by atoms with Crippen LogP contribution in [0, 0.1) is 5.82 Å². The predicted octanol–water partition coefficient (Wildman–Crippen LogP) is 3.13. The summed E-state index contributed by atoms with van der Waals surface area (Å²) < 4.78 is 13.3. The molecule has 0 atom stereocenters. The summed E-state index contributed by atoms with van der Waals surface area (Å²) in [4.78, 5) is 4.29. The summed E-state index contributed by atoms with van der Waals surface area (Å²) in [5.74, 6) is -0.162. The fourth-order valence-corrected chi connectivity index (χ4v) is 2.62. The van der Waals surface area contributed by atoms with Crippen molar-refractivity contribution in [2.75, 3.05) is 0 Å². The van der Waals surface area contributed by atoms with Gasteiger partial charge in [0.1, 0.15) is 5.82 Å². The van der Waals surface area contributed by atoms with E-state index in [4.69, 9.17) is 0 Å². The van der Waals surface area contributed by atoms with Gasteiger partial charge in [-0.05, 0) is 36.1 Å². The molecule has 2 nitrogen and oxygen atoms in total. The first-order valence-electron chi connectivity index (χ1n) is 6.20. The molecule has 1 aromatic carbocycles. The zero-order valence-corrected chi connectivity index (χ0v) is 10.8. The van der Waals surface area contributed by atoms with Crippen molar-refractivity contribution in [2.24, 2.45) is 0 Å². The molecule has 1 aliphatic carbocycles. The van der Waals surface area contributed by atoms with Crippen molar-refractivity contribution in [3.8, 4) is 0 Å². The van der Waals surface area contributed by atoms with Crippen LogP contribution in [0.15, 0.2) is 29.8 Å². The second kappa shape index (κ2) is 5.16. The highest BCUT2D eigenvalue weighted by atomic mass is 32.1. The Bertz CT molecular complexity index is 521. The molecule has 1 heterocycles. The molecule has 1 aliphatic rings. The largest absolute Gasteiger partial charge is 0.310 e. The Labute approximate surface area is 110 Å². The first-order valence-corrected chi connectivity index (χ1v) is 7.08. The molecular formula is C14H15FN2S. The van der Waals surface area contributed by atoms with Gasteiger partial charge in [0.2, 0.25) is 0 Å². The van der Waals surface area contributed by atoms with Gasteiger partial charge in [0.25, 0.3) is 0 Å². The van der Waals surface area contributed by atoms with Gasteiger partial charge < -0.3 is 5.32 Å². The molecule has 1 N–H and O–H groups in total. The number of aromatic nitrogens is 1. The summed E-state index contributed by atoms with van der Waals surface area (Å²) in [6.07, 6.45) is 5.10. The van der Waals surface area contributed by atoms with Gasteiger partial charge in [-0.1, -0.05) is 6.07 Å². The van der Waals surface area contributed by atoms with Crippen LogP contribution in [-0.4, -0.2) is 11.0 Å². The van der Waals surface area contributed by atoms with E-state index in [1.165, 1.54) is 24.5 Å². The quantitative estimate of drug-likeness (QED) is 0.895. The maximum atomic E-state index is 13.3. The molecule has 1 aromatic heterocycles. The van der Waals surface area contributed by atoms with E-state index in [0.717, 1.165) is 23.5 Å². The van der Waals surface area contributed by atoms with Gasteiger partial charge in [-0.25, -0.2) is 9.37 Å². The van der Waals surface area contributed by atoms with E-state index in [-0.39, 0.29) is 5.82 Å². The van der Waals surface area contributed by atoms with E-state index in [1.807, 2.05) is 17.6 Å². The van der Waals surface area contributed by atoms with Gasteiger partial charge in [0.05, 0.1) is 5.01 Å². The summed E-state index contributed by atoms with van der Waals surface area (Å²) in [6, 6.07) is 5.68. The van der Waals surface area contributed by atoms with Crippen LogP contribution in [-0.2, 0) is 13.0 Å². The molecule has 1 fully saturated rings. The maximum Gasteiger partial charge on any atom is 0.123 e. The zero-order valence-electron chi connectivity index (χ0n) is 10.0. The molecule has 2 aromatic rings. The number of thiazole rings is 1. The lowest BCUT2D eigenvalue weighted by Crippen LogP contribution is -2.16. The van der Waals surface area contributed by atoms with Crippen molar-refractivity contribution in [1.82, 2.24) is 10.3 Å². The zero-order chi connectivity index (χ0) is 12.4. The molecule has 0 aliphatic heterocycles. The fourth-order valence-electron chi connectivity index (χ4n) is 1.98. The standard InChI is InChI=1S/C14H15FN2S/c15-12-2-1-10(8-14-16-5-6-18-14)11(7-12)9-17-13-3-4-13/h1-2,5-7,13,17H,3-4,8-9H2. The first kappa shape index (κ1) is 11.8. The van der Waals surface area contributed by atoms with Gasteiger partial charge >= 0.3 is 0 Å². The summed E-state index contributed by atoms with van der Waals surface area (Å²) in [6.45, 7) is 0.753. The Morgan fingerprint density at radius 1 is 1.33 bits per heavy atom. The normalized spacial score (nSPS) is 14.9. The number of nitrogens with zero attached hydrogens (tertiary/aromatic N) is 1. The van der Waals surface area contributed by atoms with Crippen molar-refractivity contribution < 1.29 is 4.39 Å². The van der Waals surface area contributed by atoms with Crippen LogP contribution in [0.3, 0.4) is 0 Å². The Morgan fingerprint density at radius 3 is 2.94 bits per heavy atom. The molecule has 18 heavy (non-hydrogen) atoms. The molecule has 0 unspecified atom stereocenters. The lowest BCUT2D eigenvalue weighted by atomic mass is 10.0. The Hall–Kier alpha value is -1.26. The third-order valence-electron chi connectivity index (χ3n) is 3.15. The molecule has 0 amide bonds. The van der Waals surface area contributed by atoms with Crippen LogP contribution in [0.1, 0.15) is 29.0 Å². The first-order chi connectivity index (χ1) is 8.81. The smallest absolute Gasteiger partial charge is 0.123 e. The minimum Gasteiger partial charge on any atom is -0.310 e. The SMILES string of the molecule is Fc1ccc(Cc2nccs2)c(CNC2CC2)c1. The second-order valence-electron chi connectivity index (χ2n) is 4.67. The van der Waals surface area contributed by atoms with Crippen LogP contribution in [0.4, 0.5) is 4.39 Å². The van der Waals surface area contributed by atoms with Crippen molar-refractivity contribution >= 4 is 11.3 Å². The van der Waals surface area contributed by atoms with Crippen molar-refractivity contribution in [1.29, 1.82) is 0 Å². The van der Waals surface area contributed by atoms with E-state index in [9.17, 15) is 4.39 Å². The van der Waals surface area contributed by atoms with E-state index < -0.39 is 0 Å². The second-order valence-corrected chi connectivity index (χ2v) is 5.65. The highest BCUT2D eigenvalue weighted by Crippen LogP contribution is 2.21. The van der Waals surface area contributed by atoms with E-state index in [2.05, 4.69) is 10.3 Å². The number of halogens is 1. The van der Waals surface area contributed by atoms with Gasteiger partial charge in [0.15, 0.2) is 0 Å². The Balaban J connectivity index is 1.77. The van der Waals surface area contributed by atoms with Crippen molar-refractivity contribution in [3.63, 3.8) is 0 Å². The molecule has 0 bridgehead atoms. The molecule has 94 valence electrons. The number of hydrogen-bond donors (Lipinski definition) is 1. The summed E-state index contributed by atoms with van der Waals surface area (Å²) in [5.41, 5.74) is 2.22. The predicted molar refractivity (Wildman–Crippen MR) is 71.2 cm³/mol. The molecule has 0 saturated heterocycles. The maximum absolute atomic E-state index is 13.3. The topological polar surface area (TPSA) is 24.9 Å². The molecule has 0 spiro atoms.